The molecule has 9 nitrogen and oxygen atoms in total. The summed E-state index contributed by atoms with van der Waals surface area (Å²) < 4.78 is 5.83. The van der Waals surface area contributed by atoms with Gasteiger partial charge in [0.15, 0.2) is 11.3 Å². The zero-order valence-corrected chi connectivity index (χ0v) is 20.0. The molecule has 1 aliphatic rings. The van der Waals surface area contributed by atoms with Gasteiger partial charge in [0, 0.05) is 44.2 Å². The van der Waals surface area contributed by atoms with Crippen molar-refractivity contribution in [1.82, 2.24) is 20.5 Å². The van der Waals surface area contributed by atoms with E-state index < -0.39 is 11.9 Å². The fourth-order valence-corrected chi connectivity index (χ4v) is 4.31. The van der Waals surface area contributed by atoms with E-state index in [0.717, 1.165) is 41.9 Å². The van der Waals surface area contributed by atoms with Crippen molar-refractivity contribution in [2.24, 2.45) is 5.92 Å². The van der Waals surface area contributed by atoms with E-state index in [4.69, 9.17) is 10.00 Å². The van der Waals surface area contributed by atoms with Crippen LogP contribution in [0.5, 0.6) is 5.75 Å². The van der Waals surface area contributed by atoms with Gasteiger partial charge in [-0.25, -0.2) is 4.98 Å². The van der Waals surface area contributed by atoms with E-state index in [2.05, 4.69) is 20.5 Å². The lowest BCUT2D eigenvalue weighted by Gasteiger charge is -2.26. The standard InChI is InChI=1S/C23H30N6O3S/c1-16(2)12-20(22(31)28(3)15-24)27-21(30)17-4-6-19(7-5-17)32-13-18-14-33-23(26-18)29-10-8-25-9-11-29/h4-7,14,16,20,25H,8-13H2,1-3H3,(H,27,30)/t20-/m0/s1. The Morgan fingerprint density at radius 1 is 1.30 bits per heavy atom. The van der Waals surface area contributed by atoms with Crippen LogP contribution in [0.1, 0.15) is 36.3 Å². The molecule has 0 bridgehead atoms. The lowest BCUT2D eigenvalue weighted by atomic mass is 10.0. The second-order valence-corrected chi connectivity index (χ2v) is 9.16. The predicted octanol–water partition coefficient (Wildman–Crippen LogP) is 2.22. The molecule has 1 atom stereocenters. The SMILES string of the molecule is CC(C)C[C@H](NC(=O)c1ccc(OCc2csc(N3CCNCC3)n2)cc1)C(=O)N(C)C#N. The summed E-state index contributed by atoms with van der Waals surface area (Å²) >= 11 is 1.62. The number of benzene rings is 1. The molecule has 1 aromatic heterocycles. The molecule has 2 aromatic rings. The molecule has 2 heterocycles. The molecule has 2 N–H and O–H groups in total. The van der Waals surface area contributed by atoms with Crippen molar-refractivity contribution in [3.05, 3.63) is 40.9 Å². The predicted molar refractivity (Wildman–Crippen MR) is 127 cm³/mol. The third kappa shape index (κ3) is 6.91. The Labute approximate surface area is 198 Å². The number of hydrogen-bond acceptors (Lipinski definition) is 8. The molecule has 0 unspecified atom stereocenters. The molecule has 0 spiro atoms. The maximum Gasteiger partial charge on any atom is 0.257 e. The summed E-state index contributed by atoms with van der Waals surface area (Å²) in [5, 5.41) is 18.1. The number of likely N-dealkylation sites (N-methyl/N-ethyl adjacent to an activating group) is 1. The number of nitrogens with zero attached hydrogens (tertiary/aromatic N) is 4. The maximum atomic E-state index is 12.7. The van der Waals surface area contributed by atoms with Crippen LogP contribution in [0.15, 0.2) is 29.6 Å². The molecule has 1 saturated heterocycles. The van der Waals surface area contributed by atoms with Crippen molar-refractivity contribution in [3.8, 4) is 11.9 Å². The number of carbonyl (C=O) groups is 2. The van der Waals surface area contributed by atoms with Crippen molar-refractivity contribution in [3.63, 3.8) is 0 Å². The lowest BCUT2D eigenvalue weighted by Crippen LogP contribution is -2.46. The van der Waals surface area contributed by atoms with Gasteiger partial charge in [0.05, 0.1) is 5.69 Å². The van der Waals surface area contributed by atoms with Crippen molar-refractivity contribution < 1.29 is 14.3 Å². The van der Waals surface area contributed by atoms with Gasteiger partial charge in [0.25, 0.3) is 11.8 Å². The van der Waals surface area contributed by atoms with Crippen LogP contribution in [0.2, 0.25) is 0 Å². The Morgan fingerprint density at radius 2 is 2.00 bits per heavy atom. The number of piperazine rings is 1. The maximum absolute atomic E-state index is 12.7. The number of hydrogen-bond donors (Lipinski definition) is 2. The second kappa shape index (κ2) is 11.6. The van der Waals surface area contributed by atoms with Crippen molar-refractivity contribution in [1.29, 1.82) is 5.26 Å². The Kier molecular flexibility index (Phi) is 8.63. The summed E-state index contributed by atoms with van der Waals surface area (Å²) in [5.41, 5.74) is 1.28. The van der Waals surface area contributed by atoms with Gasteiger partial charge in [-0.15, -0.1) is 11.3 Å². The Hall–Kier alpha value is -3.16. The molecule has 1 fully saturated rings. The fourth-order valence-electron chi connectivity index (χ4n) is 3.44. The third-order valence-corrected chi connectivity index (χ3v) is 6.17. The molecule has 10 heteroatoms. The zero-order valence-electron chi connectivity index (χ0n) is 19.2. The molecule has 0 aliphatic carbocycles. The minimum atomic E-state index is -0.757. The molecule has 1 aromatic carbocycles. The first kappa shape index (κ1) is 24.5. The fraction of sp³-hybridized carbons (Fsp3) is 0.478. The summed E-state index contributed by atoms with van der Waals surface area (Å²) in [6.45, 7) is 8.10. The Balaban J connectivity index is 1.55. The highest BCUT2D eigenvalue weighted by Gasteiger charge is 2.25. The largest absolute Gasteiger partial charge is 0.487 e. The number of aromatic nitrogens is 1. The van der Waals surface area contributed by atoms with E-state index in [1.54, 1.807) is 41.8 Å². The molecule has 0 saturated carbocycles. The van der Waals surface area contributed by atoms with Gasteiger partial charge < -0.3 is 20.3 Å². The molecule has 33 heavy (non-hydrogen) atoms. The van der Waals surface area contributed by atoms with Crippen LogP contribution < -0.4 is 20.3 Å². The molecule has 1 aliphatic heterocycles. The van der Waals surface area contributed by atoms with Crippen LogP contribution in [0.25, 0.3) is 0 Å². The van der Waals surface area contributed by atoms with E-state index in [0.29, 0.717) is 24.3 Å². The summed E-state index contributed by atoms with van der Waals surface area (Å²) in [5.74, 6) is 0.0113. The lowest BCUT2D eigenvalue weighted by molar-refractivity contribution is -0.129. The molecular weight excluding hydrogens is 440 g/mol. The minimum absolute atomic E-state index is 0.180. The quantitative estimate of drug-likeness (QED) is 0.427. The molecule has 2 amide bonds. The summed E-state index contributed by atoms with van der Waals surface area (Å²) in [7, 11) is 1.39. The van der Waals surface area contributed by atoms with E-state index in [-0.39, 0.29) is 11.8 Å². The van der Waals surface area contributed by atoms with Gasteiger partial charge in [0.2, 0.25) is 0 Å². The number of ether oxygens (including phenoxy) is 1. The Bertz CT molecular complexity index is 979. The van der Waals surface area contributed by atoms with Crippen molar-refractivity contribution >= 4 is 28.3 Å². The van der Waals surface area contributed by atoms with Crippen molar-refractivity contribution in [2.75, 3.05) is 38.1 Å². The average molecular weight is 471 g/mol. The third-order valence-electron chi connectivity index (χ3n) is 5.22. The summed E-state index contributed by atoms with van der Waals surface area (Å²) in [6.07, 6.45) is 2.24. The normalized spacial score (nSPS) is 14.5. The van der Waals surface area contributed by atoms with Crippen LogP contribution in [0, 0.1) is 17.4 Å². The van der Waals surface area contributed by atoms with E-state index in [9.17, 15) is 9.59 Å². The highest BCUT2D eigenvalue weighted by Crippen LogP contribution is 2.22. The van der Waals surface area contributed by atoms with E-state index >= 15 is 0 Å². The second-order valence-electron chi connectivity index (χ2n) is 8.32. The van der Waals surface area contributed by atoms with Gasteiger partial charge in [-0.2, -0.15) is 5.26 Å². The van der Waals surface area contributed by atoms with Gasteiger partial charge >= 0.3 is 0 Å². The number of thiazole rings is 1. The van der Waals surface area contributed by atoms with Gasteiger partial charge in [-0.1, -0.05) is 13.8 Å². The first-order valence-corrected chi connectivity index (χ1v) is 11.9. The first-order chi connectivity index (χ1) is 15.9. The van der Waals surface area contributed by atoms with Crippen LogP contribution in [0.3, 0.4) is 0 Å². The molecular formula is C23H30N6O3S. The van der Waals surface area contributed by atoms with E-state index in [1.807, 2.05) is 19.2 Å². The number of rotatable bonds is 9. The minimum Gasteiger partial charge on any atom is -0.487 e. The molecule has 176 valence electrons. The van der Waals surface area contributed by atoms with Gasteiger partial charge in [0.1, 0.15) is 18.4 Å². The van der Waals surface area contributed by atoms with Crippen molar-refractivity contribution in [2.45, 2.75) is 32.9 Å². The van der Waals surface area contributed by atoms with E-state index in [1.165, 1.54) is 7.05 Å². The van der Waals surface area contributed by atoms with Crippen LogP contribution in [-0.4, -0.2) is 61.0 Å². The monoisotopic (exact) mass is 470 g/mol. The first-order valence-electron chi connectivity index (χ1n) is 11.0. The number of nitriles is 1. The van der Waals surface area contributed by atoms with Gasteiger partial charge in [-0.3, -0.25) is 14.5 Å². The number of carbonyl (C=O) groups excluding carboxylic acids is 2. The topological polar surface area (TPSA) is 111 Å². The highest BCUT2D eigenvalue weighted by molar-refractivity contribution is 7.13. The number of anilines is 1. The van der Waals surface area contributed by atoms with Gasteiger partial charge in [-0.05, 0) is 36.6 Å². The van der Waals surface area contributed by atoms with Crippen LogP contribution in [-0.2, 0) is 11.4 Å². The number of amides is 2. The summed E-state index contributed by atoms with van der Waals surface area (Å²) in [4.78, 5) is 32.9. The number of nitrogens with one attached hydrogen (secondary N) is 2. The van der Waals surface area contributed by atoms with Crippen LogP contribution >= 0.6 is 11.3 Å². The molecule has 0 radical (unpaired) electrons. The van der Waals surface area contributed by atoms with Crippen LogP contribution in [0.4, 0.5) is 5.13 Å². The highest BCUT2D eigenvalue weighted by atomic mass is 32.1. The zero-order chi connectivity index (χ0) is 23.8. The smallest absolute Gasteiger partial charge is 0.257 e. The average Bonchev–Trinajstić information content (AvgIpc) is 3.31. The molecule has 3 rings (SSSR count). The summed E-state index contributed by atoms with van der Waals surface area (Å²) in [6, 6.07) is 6.00. The Morgan fingerprint density at radius 3 is 2.64 bits per heavy atom.